The second kappa shape index (κ2) is 10.6. The summed E-state index contributed by atoms with van der Waals surface area (Å²) in [6.45, 7) is 4.73. The van der Waals surface area contributed by atoms with Crippen molar-refractivity contribution in [3.05, 3.63) is 76.1 Å². The normalized spacial score (nSPS) is 14.7. The molecule has 0 saturated carbocycles. The van der Waals surface area contributed by atoms with Crippen molar-refractivity contribution in [2.24, 2.45) is 0 Å². The molecule has 1 aromatic carbocycles. The standard InChI is InChI=1S/C28H28N4O4S/c1-3-11-36-17-9-10-29-24(14-17)32-25-13-16(2)12-22(31-25)23-15-30-27(37-23)20-6-4-5-19-18(20)7-8-21(26(19)33)28(34)35/h7-10,12-15,20,33H,3-6,11H2,1-2H3,(H,34,35)(H,29,31,32). The Hall–Kier alpha value is -3.98. The van der Waals surface area contributed by atoms with Crippen LogP contribution in [-0.4, -0.2) is 37.7 Å². The lowest BCUT2D eigenvalue weighted by Gasteiger charge is -2.25. The van der Waals surface area contributed by atoms with Crippen LogP contribution in [0.1, 0.15) is 64.2 Å². The molecule has 0 bridgehead atoms. The Labute approximate surface area is 219 Å². The van der Waals surface area contributed by atoms with E-state index in [1.807, 2.05) is 43.5 Å². The van der Waals surface area contributed by atoms with Crippen LogP contribution in [0.25, 0.3) is 10.6 Å². The van der Waals surface area contributed by atoms with Crippen molar-refractivity contribution in [3.63, 3.8) is 0 Å². The number of aryl methyl sites for hydroxylation is 1. The molecule has 37 heavy (non-hydrogen) atoms. The fourth-order valence-electron chi connectivity index (χ4n) is 4.65. The van der Waals surface area contributed by atoms with Crippen LogP contribution in [0.4, 0.5) is 11.6 Å². The molecule has 3 N–H and O–H groups in total. The van der Waals surface area contributed by atoms with E-state index in [9.17, 15) is 15.0 Å². The van der Waals surface area contributed by atoms with Gasteiger partial charge in [0.25, 0.3) is 0 Å². The number of nitrogens with zero attached hydrogens (tertiary/aromatic N) is 3. The van der Waals surface area contributed by atoms with E-state index in [4.69, 9.17) is 14.7 Å². The highest BCUT2D eigenvalue weighted by Gasteiger charge is 2.28. The molecular formula is C28H28N4O4S. The number of carboxylic acids is 1. The summed E-state index contributed by atoms with van der Waals surface area (Å²) < 4.78 is 5.71. The highest BCUT2D eigenvalue weighted by molar-refractivity contribution is 7.15. The van der Waals surface area contributed by atoms with Crippen molar-refractivity contribution in [3.8, 4) is 22.1 Å². The summed E-state index contributed by atoms with van der Waals surface area (Å²) in [5.74, 6) is 0.855. The zero-order valence-corrected chi connectivity index (χ0v) is 21.5. The lowest BCUT2D eigenvalue weighted by atomic mass is 9.81. The Bertz CT molecular complexity index is 1450. The van der Waals surface area contributed by atoms with Crippen LogP contribution in [0.15, 0.2) is 48.8 Å². The van der Waals surface area contributed by atoms with Gasteiger partial charge in [-0.3, -0.25) is 0 Å². The maximum atomic E-state index is 11.5. The number of aromatic hydroxyl groups is 1. The molecule has 1 atom stereocenters. The molecule has 8 nitrogen and oxygen atoms in total. The third-order valence-electron chi connectivity index (χ3n) is 6.35. The van der Waals surface area contributed by atoms with E-state index in [0.717, 1.165) is 51.7 Å². The number of pyridine rings is 2. The van der Waals surface area contributed by atoms with Gasteiger partial charge in [-0.05, 0) is 73.6 Å². The summed E-state index contributed by atoms with van der Waals surface area (Å²) in [6.07, 6.45) is 6.88. The van der Waals surface area contributed by atoms with Crippen molar-refractivity contribution in [1.82, 2.24) is 15.0 Å². The molecule has 9 heteroatoms. The first-order chi connectivity index (χ1) is 17.9. The molecule has 190 valence electrons. The molecule has 1 unspecified atom stereocenters. The first kappa shape index (κ1) is 24.7. The number of hydrogen-bond acceptors (Lipinski definition) is 8. The van der Waals surface area contributed by atoms with Gasteiger partial charge in [-0.25, -0.2) is 19.7 Å². The number of phenols is 1. The Morgan fingerprint density at radius 3 is 2.86 bits per heavy atom. The second-order valence-electron chi connectivity index (χ2n) is 9.11. The largest absolute Gasteiger partial charge is 0.507 e. The van der Waals surface area contributed by atoms with Gasteiger partial charge in [0.15, 0.2) is 0 Å². The lowest BCUT2D eigenvalue weighted by molar-refractivity contribution is 0.0693. The minimum atomic E-state index is -1.12. The van der Waals surface area contributed by atoms with E-state index in [-0.39, 0.29) is 17.2 Å². The number of carboxylic acid groups (broad SMARTS) is 1. The topological polar surface area (TPSA) is 117 Å². The van der Waals surface area contributed by atoms with Crippen LogP contribution < -0.4 is 10.1 Å². The molecule has 5 rings (SSSR count). The number of rotatable bonds is 8. The molecule has 3 heterocycles. The van der Waals surface area contributed by atoms with Gasteiger partial charge >= 0.3 is 5.97 Å². The maximum Gasteiger partial charge on any atom is 0.339 e. The summed E-state index contributed by atoms with van der Waals surface area (Å²) in [4.78, 5) is 26.3. The second-order valence-corrected chi connectivity index (χ2v) is 10.2. The smallest absolute Gasteiger partial charge is 0.339 e. The van der Waals surface area contributed by atoms with Crippen LogP contribution in [0.3, 0.4) is 0 Å². The number of nitrogens with one attached hydrogen (secondary N) is 1. The number of fused-ring (bicyclic) bond motifs is 1. The van der Waals surface area contributed by atoms with Gasteiger partial charge in [-0.1, -0.05) is 13.0 Å². The first-order valence-corrected chi connectivity index (χ1v) is 13.1. The summed E-state index contributed by atoms with van der Waals surface area (Å²) in [5.41, 5.74) is 3.47. The van der Waals surface area contributed by atoms with Crippen LogP contribution in [0, 0.1) is 6.92 Å². The molecule has 0 aliphatic heterocycles. The third kappa shape index (κ3) is 5.27. The van der Waals surface area contributed by atoms with Crippen molar-refractivity contribution in [2.45, 2.75) is 45.4 Å². The van der Waals surface area contributed by atoms with Crippen LogP contribution in [0.2, 0.25) is 0 Å². The first-order valence-electron chi connectivity index (χ1n) is 12.3. The van der Waals surface area contributed by atoms with Crippen LogP contribution >= 0.6 is 11.3 Å². The number of aromatic nitrogens is 3. The van der Waals surface area contributed by atoms with E-state index in [1.165, 1.54) is 6.07 Å². The fourth-order valence-corrected chi connectivity index (χ4v) is 5.69. The fraction of sp³-hybridized carbons (Fsp3) is 0.286. The number of aromatic carboxylic acids is 1. The summed E-state index contributed by atoms with van der Waals surface area (Å²) in [7, 11) is 0. The number of carbonyl (C=O) groups is 1. The van der Waals surface area contributed by atoms with E-state index in [2.05, 4.69) is 17.2 Å². The molecule has 0 amide bonds. The minimum Gasteiger partial charge on any atom is -0.507 e. The molecule has 0 saturated heterocycles. The molecule has 0 fully saturated rings. The predicted molar refractivity (Wildman–Crippen MR) is 143 cm³/mol. The van der Waals surface area contributed by atoms with Crippen molar-refractivity contribution >= 4 is 28.9 Å². The molecular weight excluding hydrogens is 488 g/mol. The molecule has 0 spiro atoms. The van der Waals surface area contributed by atoms with Gasteiger partial charge in [-0.15, -0.1) is 11.3 Å². The SMILES string of the molecule is CCCOc1ccnc(Nc2cc(C)cc(-c3cnc(C4CCCc5c4ccc(C(=O)O)c5O)s3)n2)c1. The lowest BCUT2D eigenvalue weighted by Crippen LogP contribution is -2.12. The van der Waals surface area contributed by atoms with E-state index >= 15 is 0 Å². The van der Waals surface area contributed by atoms with Gasteiger partial charge in [0, 0.05) is 24.4 Å². The number of anilines is 2. The Balaban J connectivity index is 1.41. The Morgan fingerprint density at radius 1 is 1.19 bits per heavy atom. The average molecular weight is 517 g/mol. The van der Waals surface area contributed by atoms with E-state index in [1.54, 1.807) is 17.5 Å². The van der Waals surface area contributed by atoms with Gasteiger partial charge in [0.1, 0.15) is 33.7 Å². The van der Waals surface area contributed by atoms with Crippen molar-refractivity contribution in [1.29, 1.82) is 0 Å². The molecule has 4 aromatic rings. The number of hydrogen-bond donors (Lipinski definition) is 3. The van der Waals surface area contributed by atoms with Crippen molar-refractivity contribution in [2.75, 3.05) is 11.9 Å². The number of ether oxygens (including phenoxy) is 1. The molecule has 1 aliphatic carbocycles. The Kier molecular flexibility index (Phi) is 7.05. The van der Waals surface area contributed by atoms with Crippen molar-refractivity contribution < 1.29 is 19.7 Å². The maximum absolute atomic E-state index is 11.5. The summed E-state index contributed by atoms with van der Waals surface area (Å²) in [5, 5.41) is 24.2. The monoisotopic (exact) mass is 516 g/mol. The minimum absolute atomic E-state index is 0.00806. The zero-order valence-electron chi connectivity index (χ0n) is 20.7. The number of thiazole rings is 1. The van der Waals surface area contributed by atoms with Gasteiger partial charge < -0.3 is 20.3 Å². The van der Waals surface area contributed by atoms with Crippen LogP contribution in [0.5, 0.6) is 11.5 Å². The van der Waals surface area contributed by atoms with E-state index in [0.29, 0.717) is 30.2 Å². The molecule has 0 radical (unpaired) electrons. The van der Waals surface area contributed by atoms with Gasteiger partial charge in [0.2, 0.25) is 0 Å². The number of benzene rings is 1. The molecule has 1 aliphatic rings. The molecule has 3 aromatic heterocycles. The highest BCUT2D eigenvalue weighted by atomic mass is 32.1. The summed E-state index contributed by atoms with van der Waals surface area (Å²) in [6, 6.07) is 11.0. The average Bonchev–Trinajstić information content (AvgIpc) is 3.37. The summed E-state index contributed by atoms with van der Waals surface area (Å²) >= 11 is 1.57. The van der Waals surface area contributed by atoms with Crippen LogP contribution in [-0.2, 0) is 6.42 Å². The van der Waals surface area contributed by atoms with E-state index < -0.39 is 5.97 Å². The third-order valence-corrected chi connectivity index (χ3v) is 7.48. The highest BCUT2D eigenvalue weighted by Crippen LogP contribution is 2.43. The van der Waals surface area contributed by atoms with Gasteiger partial charge in [0.05, 0.1) is 17.2 Å². The van der Waals surface area contributed by atoms with Gasteiger partial charge in [-0.2, -0.15) is 0 Å². The zero-order chi connectivity index (χ0) is 25.9. The predicted octanol–water partition coefficient (Wildman–Crippen LogP) is 6.31. The quantitative estimate of drug-likeness (QED) is 0.249. The Morgan fingerprint density at radius 2 is 2.05 bits per heavy atom.